The predicted molar refractivity (Wildman–Crippen MR) is 151 cm³/mol. The molecule has 8 nitrogen and oxygen atoms in total. The van der Waals surface area contributed by atoms with Crippen molar-refractivity contribution in [2.75, 3.05) is 36.8 Å². The predicted octanol–water partition coefficient (Wildman–Crippen LogP) is 4.09. The maximum Gasteiger partial charge on any atom is 0.255 e. The van der Waals surface area contributed by atoms with Gasteiger partial charge in [0, 0.05) is 59.8 Å². The molecule has 0 bridgehead atoms. The van der Waals surface area contributed by atoms with E-state index in [4.69, 9.17) is 0 Å². The molecule has 2 heterocycles. The lowest BCUT2D eigenvalue weighted by atomic mass is 10.1. The molecular weight excluding hydrogens is 488 g/mol. The highest BCUT2D eigenvalue weighted by molar-refractivity contribution is 6.08. The lowest BCUT2D eigenvalue weighted by molar-refractivity contribution is 0.101. The fraction of sp³-hybridized carbons (Fsp3) is 0.214. The van der Waals surface area contributed by atoms with Crippen molar-refractivity contribution in [2.45, 2.75) is 12.8 Å². The zero-order valence-electron chi connectivity index (χ0n) is 20.3. The van der Waals surface area contributed by atoms with Gasteiger partial charge in [-0.15, -0.1) is 12.4 Å². The molecule has 3 aromatic carbocycles. The topological polar surface area (TPSA) is 107 Å². The Bertz CT molecular complexity index is 1230. The van der Waals surface area contributed by atoms with Crippen molar-refractivity contribution in [3.63, 3.8) is 0 Å². The van der Waals surface area contributed by atoms with Crippen LogP contribution in [0.4, 0.5) is 11.4 Å². The van der Waals surface area contributed by atoms with Crippen molar-refractivity contribution in [1.82, 2.24) is 10.6 Å². The molecule has 190 valence electrons. The molecule has 9 heteroatoms. The number of anilines is 2. The first-order valence-electron chi connectivity index (χ1n) is 12.2. The highest BCUT2D eigenvalue weighted by Crippen LogP contribution is 2.16. The number of hydrogen-bond donors (Lipinski definition) is 4. The Balaban J connectivity index is 0.00000320. The van der Waals surface area contributed by atoms with Crippen molar-refractivity contribution < 1.29 is 9.59 Å². The molecule has 0 unspecified atom stereocenters. The van der Waals surface area contributed by atoms with Crippen LogP contribution in [0.25, 0.3) is 0 Å². The average molecular weight is 517 g/mol. The Labute approximate surface area is 222 Å². The zero-order valence-corrected chi connectivity index (χ0v) is 21.1. The maximum atomic E-state index is 12.8. The maximum absolute atomic E-state index is 12.8. The highest BCUT2D eigenvalue weighted by Gasteiger charge is 2.13. The van der Waals surface area contributed by atoms with Gasteiger partial charge in [0.2, 0.25) is 0 Å². The van der Waals surface area contributed by atoms with Crippen molar-refractivity contribution in [2.24, 2.45) is 9.98 Å². The molecule has 5 rings (SSSR count). The van der Waals surface area contributed by atoms with Crippen molar-refractivity contribution in [3.05, 3.63) is 95.1 Å². The molecule has 2 amide bonds. The van der Waals surface area contributed by atoms with E-state index < -0.39 is 0 Å². The summed E-state index contributed by atoms with van der Waals surface area (Å²) in [7, 11) is 0. The summed E-state index contributed by atoms with van der Waals surface area (Å²) < 4.78 is 0. The van der Waals surface area contributed by atoms with Crippen LogP contribution in [0.15, 0.2) is 82.8 Å². The van der Waals surface area contributed by atoms with Crippen LogP contribution in [0, 0.1) is 0 Å². The van der Waals surface area contributed by atoms with E-state index in [1.54, 1.807) is 24.3 Å². The van der Waals surface area contributed by atoms with Crippen LogP contribution in [0.5, 0.6) is 0 Å². The monoisotopic (exact) mass is 516 g/mol. The standard InChI is InChI=1S/C28H28N6O2.ClH/c35-27(33-23-7-1-5-21(17-23)25-29-13-3-14-30-25)19-9-11-20(12-10-19)28(36)34-24-8-2-6-22(18-24)26-31-15-4-16-32-26;/h1-2,5-12,17-18H,3-4,13-16H2,(H,29,30)(H,31,32)(H,33,35)(H,34,36);1H. The number of carbonyl (C=O) groups is 2. The van der Waals surface area contributed by atoms with Crippen molar-refractivity contribution in [1.29, 1.82) is 0 Å². The van der Waals surface area contributed by atoms with E-state index in [1.165, 1.54) is 0 Å². The second kappa shape index (κ2) is 12.2. The minimum Gasteiger partial charge on any atom is -0.370 e. The van der Waals surface area contributed by atoms with Crippen LogP contribution in [-0.2, 0) is 0 Å². The largest absolute Gasteiger partial charge is 0.370 e. The Morgan fingerprint density at radius 2 is 1.08 bits per heavy atom. The molecule has 0 aromatic heterocycles. The second-order valence-corrected chi connectivity index (χ2v) is 8.67. The molecule has 2 aliphatic rings. The summed E-state index contributed by atoms with van der Waals surface area (Å²) in [4.78, 5) is 34.6. The van der Waals surface area contributed by atoms with Gasteiger partial charge in [0.1, 0.15) is 11.7 Å². The van der Waals surface area contributed by atoms with Crippen LogP contribution in [-0.4, -0.2) is 49.7 Å². The first-order chi connectivity index (χ1) is 17.7. The number of nitrogens with one attached hydrogen (secondary N) is 4. The number of hydrogen-bond acceptors (Lipinski definition) is 6. The summed E-state index contributed by atoms with van der Waals surface area (Å²) in [6.45, 7) is 3.40. The third-order valence-corrected chi connectivity index (χ3v) is 5.99. The Kier molecular flexibility index (Phi) is 8.53. The number of aliphatic imine (C=N–C) groups is 2. The molecule has 37 heavy (non-hydrogen) atoms. The molecule has 3 aromatic rings. The van der Waals surface area contributed by atoms with E-state index in [-0.39, 0.29) is 24.2 Å². The first-order valence-corrected chi connectivity index (χ1v) is 12.2. The SMILES string of the molecule is Cl.O=C(Nc1cccc(C2=NCCCN2)c1)c1ccc(C(=O)Nc2cccc(C3=NCCCN3)c2)cc1. The lowest BCUT2D eigenvalue weighted by Gasteiger charge is -2.15. The van der Waals surface area contributed by atoms with Crippen molar-refractivity contribution in [3.8, 4) is 0 Å². The van der Waals surface area contributed by atoms with Gasteiger partial charge in [-0.1, -0.05) is 24.3 Å². The minimum absolute atomic E-state index is 0. The molecule has 0 fully saturated rings. The van der Waals surface area contributed by atoms with Gasteiger partial charge in [-0.05, 0) is 61.4 Å². The molecule has 0 saturated carbocycles. The van der Waals surface area contributed by atoms with Gasteiger partial charge in [0.25, 0.3) is 11.8 Å². The number of benzene rings is 3. The summed E-state index contributed by atoms with van der Waals surface area (Å²) in [6, 6.07) is 21.8. The van der Waals surface area contributed by atoms with Gasteiger partial charge in [0.05, 0.1) is 0 Å². The third kappa shape index (κ3) is 6.54. The Morgan fingerprint density at radius 1 is 0.649 bits per heavy atom. The number of amides is 2. The van der Waals surface area contributed by atoms with Gasteiger partial charge >= 0.3 is 0 Å². The summed E-state index contributed by atoms with van der Waals surface area (Å²) in [5.41, 5.74) is 4.18. The summed E-state index contributed by atoms with van der Waals surface area (Å²) in [5.74, 6) is 1.21. The molecule has 0 aliphatic carbocycles. The van der Waals surface area contributed by atoms with E-state index in [9.17, 15) is 9.59 Å². The molecule has 4 N–H and O–H groups in total. The van der Waals surface area contributed by atoms with Crippen LogP contribution in [0.2, 0.25) is 0 Å². The molecule has 0 radical (unpaired) electrons. The normalized spacial score (nSPS) is 14.6. The van der Waals surface area contributed by atoms with E-state index in [1.807, 2.05) is 48.5 Å². The molecule has 0 atom stereocenters. The van der Waals surface area contributed by atoms with Gasteiger partial charge in [-0.25, -0.2) is 0 Å². The van der Waals surface area contributed by atoms with E-state index >= 15 is 0 Å². The van der Waals surface area contributed by atoms with Gasteiger partial charge in [-0.3, -0.25) is 19.6 Å². The lowest BCUT2D eigenvalue weighted by Crippen LogP contribution is -2.30. The summed E-state index contributed by atoms with van der Waals surface area (Å²) in [6.07, 6.45) is 2.04. The molecule has 0 saturated heterocycles. The molecular formula is C28H29ClN6O2. The molecule has 0 spiro atoms. The fourth-order valence-corrected chi connectivity index (χ4v) is 4.12. The van der Waals surface area contributed by atoms with Crippen LogP contribution in [0.3, 0.4) is 0 Å². The van der Waals surface area contributed by atoms with Crippen LogP contribution < -0.4 is 21.3 Å². The highest BCUT2D eigenvalue weighted by atomic mass is 35.5. The quantitative estimate of drug-likeness (QED) is 0.396. The van der Waals surface area contributed by atoms with E-state index in [2.05, 4.69) is 31.3 Å². The second-order valence-electron chi connectivity index (χ2n) is 8.67. The summed E-state index contributed by atoms with van der Waals surface area (Å²) in [5, 5.41) is 12.4. The van der Waals surface area contributed by atoms with Crippen LogP contribution >= 0.6 is 12.4 Å². The van der Waals surface area contributed by atoms with E-state index in [0.29, 0.717) is 22.5 Å². The number of rotatable bonds is 6. The number of nitrogens with zero attached hydrogens (tertiary/aromatic N) is 2. The number of carbonyl (C=O) groups excluding carboxylic acids is 2. The van der Waals surface area contributed by atoms with Crippen molar-refractivity contribution >= 4 is 47.3 Å². The van der Waals surface area contributed by atoms with Gasteiger partial charge in [-0.2, -0.15) is 0 Å². The third-order valence-electron chi connectivity index (χ3n) is 5.99. The fourth-order valence-electron chi connectivity index (χ4n) is 4.12. The Morgan fingerprint density at radius 3 is 1.46 bits per heavy atom. The number of amidine groups is 2. The average Bonchev–Trinajstić information content (AvgIpc) is 2.94. The van der Waals surface area contributed by atoms with E-state index in [0.717, 1.165) is 61.8 Å². The Hall–Kier alpha value is -4.17. The minimum atomic E-state index is -0.244. The zero-order chi connectivity index (χ0) is 24.7. The smallest absolute Gasteiger partial charge is 0.255 e. The molecule has 2 aliphatic heterocycles. The number of halogens is 1. The van der Waals surface area contributed by atoms with Gasteiger partial charge in [0.15, 0.2) is 0 Å². The van der Waals surface area contributed by atoms with Crippen LogP contribution in [0.1, 0.15) is 44.7 Å². The summed E-state index contributed by atoms with van der Waals surface area (Å²) >= 11 is 0. The first kappa shape index (κ1) is 25.9. The van der Waals surface area contributed by atoms with Gasteiger partial charge < -0.3 is 21.3 Å².